The van der Waals surface area contributed by atoms with E-state index in [0.717, 1.165) is 6.92 Å². The van der Waals surface area contributed by atoms with Gasteiger partial charge < -0.3 is 5.32 Å². The number of nitrogens with one attached hydrogen (secondary N) is 1. The summed E-state index contributed by atoms with van der Waals surface area (Å²) in [5.41, 5.74) is 1.56. The summed E-state index contributed by atoms with van der Waals surface area (Å²) in [6, 6.07) is 11.4. The predicted molar refractivity (Wildman–Crippen MR) is 134 cm³/mol. The molecule has 0 atom stereocenters. The lowest BCUT2D eigenvalue weighted by molar-refractivity contribution is 0.0175. The number of rotatable bonds is 5. The minimum atomic E-state index is -2.93. The Bertz CT molecular complexity index is 1040. The van der Waals surface area contributed by atoms with Crippen LogP contribution < -0.4 is 10.3 Å². The number of carbonyl (C=O) groups is 1. The molecule has 0 aromatic heterocycles. The first-order valence-corrected chi connectivity index (χ1v) is 10.8. The molecule has 0 aliphatic carbocycles. The second-order valence-electron chi connectivity index (χ2n) is 10.2. The summed E-state index contributed by atoms with van der Waals surface area (Å²) in [6.45, 7) is 16.3. The van der Waals surface area contributed by atoms with Gasteiger partial charge in [0.2, 0.25) is 0 Å². The van der Waals surface area contributed by atoms with Gasteiger partial charge in [0.1, 0.15) is 5.84 Å². The van der Waals surface area contributed by atoms with E-state index in [1.54, 1.807) is 36.3 Å². The predicted octanol–water partition coefficient (Wildman–Crippen LogP) is 6.49. The van der Waals surface area contributed by atoms with Crippen LogP contribution in [0.5, 0.6) is 0 Å². The van der Waals surface area contributed by atoms with Crippen LogP contribution in [0.3, 0.4) is 0 Å². The maximum absolute atomic E-state index is 13.7. The second kappa shape index (κ2) is 9.41. The van der Waals surface area contributed by atoms with Crippen molar-refractivity contribution in [2.75, 3.05) is 12.1 Å². The number of alkyl halides is 2. The van der Waals surface area contributed by atoms with Crippen molar-refractivity contribution in [3.05, 3.63) is 53.6 Å². The van der Waals surface area contributed by atoms with E-state index in [1.165, 1.54) is 12.1 Å². The van der Waals surface area contributed by atoms with Gasteiger partial charge >= 0.3 is 0 Å². The van der Waals surface area contributed by atoms with Crippen molar-refractivity contribution < 1.29 is 13.6 Å². The van der Waals surface area contributed by atoms with E-state index in [2.05, 4.69) is 22.1 Å². The number of halogens is 2. The Hall–Kier alpha value is -3.09. The minimum Gasteiger partial charge on any atom is -0.347 e. The highest BCUT2D eigenvalue weighted by atomic mass is 19.3. The third-order valence-corrected chi connectivity index (χ3v) is 4.86. The molecule has 0 saturated heterocycles. The fourth-order valence-corrected chi connectivity index (χ4v) is 3.42. The lowest BCUT2D eigenvalue weighted by atomic mass is 9.93. The molecule has 0 bridgehead atoms. The lowest BCUT2D eigenvalue weighted by Crippen LogP contribution is -2.40. The molecule has 7 heteroatoms. The van der Waals surface area contributed by atoms with Crippen LogP contribution in [-0.2, 0) is 5.92 Å². The summed E-state index contributed by atoms with van der Waals surface area (Å²) in [4.78, 5) is 17.4. The van der Waals surface area contributed by atoms with Crippen LogP contribution in [0, 0.1) is 5.41 Å². The molecule has 0 heterocycles. The third kappa shape index (κ3) is 6.70. The normalized spacial score (nSPS) is 13.0. The highest BCUT2D eigenvalue weighted by molar-refractivity contribution is 6.03. The van der Waals surface area contributed by atoms with Gasteiger partial charge in [0.25, 0.3) is 11.8 Å². The van der Waals surface area contributed by atoms with Crippen LogP contribution in [0.25, 0.3) is 11.1 Å². The van der Waals surface area contributed by atoms with Gasteiger partial charge in [-0.2, -0.15) is 5.10 Å². The van der Waals surface area contributed by atoms with Crippen molar-refractivity contribution in [2.45, 2.75) is 59.9 Å². The fraction of sp³-hybridized carbons (Fsp3) is 0.423. The van der Waals surface area contributed by atoms with Gasteiger partial charge in [-0.05, 0) is 50.1 Å². The summed E-state index contributed by atoms with van der Waals surface area (Å²) in [5.74, 6) is -2.52. The minimum absolute atomic E-state index is 0.0735. The molecule has 5 nitrogen and oxygen atoms in total. The fourth-order valence-electron chi connectivity index (χ4n) is 3.42. The summed E-state index contributed by atoms with van der Waals surface area (Å²) in [7, 11) is 1.68. The molecule has 0 unspecified atom stereocenters. The van der Waals surface area contributed by atoms with Crippen molar-refractivity contribution in [1.82, 2.24) is 5.32 Å². The average Bonchev–Trinajstić information content (AvgIpc) is 2.68. The first-order chi connectivity index (χ1) is 15.1. The van der Waals surface area contributed by atoms with Crippen LogP contribution in [0.1, 0.15) is 64.4 Å². The SMILES string of the molecule is C=NN(C(=NC)C(C)(C)C)c1cc(C(=O)NC(C)(C)C)cc(-c2ccc(C(C)(F)F)cc2)c1. The van der Waals surface area contributed by atoms with Gasteiger partial charge in [0.15, 0.2) is 0 Å². The maximum Gasteiger partial charge on any atom is 0.270 e. The molecule has 2 rings (SSSR count). The Morgan fingerprint density at radius 1 is 0.939 bits per heavy atom. The Labute approximate surface area is 195 Å². The van der Waals surface area contributed by atoms with E-state index in [-0.39, 0.29) is 16.9 Å². The Morgan fingerprint density at radius 3 is 1.94 bits per heavy atom. The summed E-state index contributed by atoms with van der Waals surface area (Å²) in [5, 5.41) is 8.74. The summed E-state index contributed by atoms with van der Waals surface area (Å²) < 4.78 is 27.4. The Balaban J connectivity index is 2.69. The molecule has 0 saturated carbocycles. The van der Waals surface area contributed by atoms with E-state index >= 15 is 0 Å². The maximum atomic E-state index is 13.7. The van der Waals surface area contributed by atoms with Gasteiger partial charge in [0, 0.05) is 42.8 Å². The van der Waals surface area contributed by atoms with E-state index in [1.807, 2.05) is 47.6 Å². The second-order valence-corrected chi connectivity index (χ2v) is 10.2. The summed E-state index contributed by atoms with van der Waals surface area (Å²) in [6.07, 6.45) is 0. The first-order valence-electron chi connectivity index (χ1n) is 10.8. The Kier molecular flexibility index (Phi) is 7.46. The quantitative estimate of drug-likeness (QED) is 0.318. The van der Waals surface area contributed by atoms with Crippen molar-refractivity contribution in [3.8, 4) is 11.1 Å². The van der Waals surface area contributed by atoms with Crippen molar-refractivity contribution in [2.24, 2.45) is 15.5 Å². The van der Waals surface area contributed by atoms with Crippen LogP contribution in [-0.4, -0.2) is 31.0 Å². The molecular weight excluding hydrogens is 422 g/mol. The molecule has 1 amide bonds. The lowest BCUT2D eigenvalue weighted by Gasteiger charge is -2.30. The number of amides is 1. The van der Waals surface area contributed by atoms with Gasteiger partial charge in [-0.15, -0.1) is 0 Å². The molecule has 0 aliphatic heterocycles. The number of aliphatic imine (C=N–C) groups is 1. The van der Waals surface area contributed by atoms with Crippen LogP contribution >= 0.6 is 0 Å². The number of anilines is 1. The highest BCUT2D eigenvalue weighted by Crippen LogP contribution is 2.33. The van der Waals surface area contributed by atoms with Crippen molar-refractivity contribution >= 4 is 24.1 Å². The standard InChI is InChI=1S/C26H34F2N4O/c1-24(2,3)23(29-8)32(30-9)21-15-18(14-19(16-21)22(33)31-25(4,5)6)17-10-12-20(13-11-17)26(7,27)28/h10-16H,9H2,1-8H3,(H,31,33). The molecule has 0 radical (unpaired) electrons. The Morgan fingerprint density at radius 2 is 1.52 bits per heavy atom. The summed E-state index contributed by atoms with van der Waals surface area (Å²) >= 11 is 0. The monoisotopic (exact) mass is 456 g/mol. The molecule has 2 aromatic rings. The van der Waals surface area contributed by atoms with Crippen LogP contribution in [0.2, 0.25) is 0 Å². The van der Waals surface area contributed by atoms with E-state index in [9.17, 15) is 13.6 Å². The molecule has 1 N–H and O–H groups in total. The molecule has 2 aromatic carbocycles. The third-order valence-electron chi connectivity index (χ3n) is 4.86. The number of amidine groups is 1. The van der Waals surface area contributed by atoms with E-state index < -0.39 is 11.5 Å². The largest absolute Gasteiger partial charge is 0.347 e. The number of carbonyl (C=O) groups excluding carboxylic acids is 1. The van der Waals surface area contributed by atoms with Crippen molar-refractivity contribution in [3.63, 3.8) is 0 Å². The number of hydrogen-bond donors (Lipinski definition) is 1. The smallest absolute Gasteiger partial charge is 0.270 e. The zero-order chi connectivity index (χ0) is 25.2. The molecule has 178 valence electrons. The molecule has 0 fully saturated rings. The molecule has 0 spiro atoms. The molecule has 0 aliphatic rings. The van der Waals surface area contributed by atoms with Gasteiger partial charge in [-0.25, -0.2) is 13.8 Å². The highest BCUT2D eigenvalue weighted by Gasteiger charge is 2.27. The zero-order valence-corrected chi connectivity index (χ0v) is 20.8. The van der Waals surface area contributed by atoms with Gasteiger partial charge in [-0.1, -0.05) is 45.0 Å². The molecular formula is C26H34F2N4O. The number of nitrogens with zero attached hydrogens (tertiary/aromatic N) is 3. The van der Waals surface area contributed by atoms with E-state index in [0.29, 0.717) is 28.2 Å². The number of hydrogen-bond acceptors (Lipinski definition) is 3. The zero-order valence-electron chi connectivity index (χ0n) is 20.8. The van der Waals surface area contributed by atoms with E-state index in [4.69, 9.17) is 0 Å². The van der Waals surface area contributed by atoms with Crippen LogP contribution in [0.15, 0.2) is 52.6 Å². The van der Waals surface area contributed by atoms with Gasteiger partial charge in [0.05, 0.1) is 5.69 Å². The first kappa shape index (κ1) is 26.2. The topological polar surface area (TPSA) is 57.1 Å². The average molecular weight is 457 g/mol. The van der Waals surface area contributed by atoms with Crippen LogP contribution in [0.4, 0.5) is 14.5 Å². The number of benzene rings is 2. The molecule has 33 heavy (non-hydrogen) atoms. The number of hydrazone groups is 1. The van der Waals surface area contributed by atoms with Gasteiger partial charge in [-0.3, -0.25) is 9.79 Å². The van der Waals surface area contributed by atoms with Crippen molar-refractivity contribution in [1.29, 1.82) is 0 Å².